The molecule has 0 unspecified atom stereocenters. The van der Waals surface area contributed by atoms with E-state index in [1.807, 2.05) is 17.4 Å². The molecule has 0 aliphatic heterocycles. The third kappa shape index (κ3) is 4.23. The molecular weight excluding hydrogens is 240 g/mol. The highest BCUT2D eigenvalue weighted by atomic mass is 32.1. The van der Waals surface area contributed by atoms with Gasteiger partial charge in [-0.3, -0.25) is 4.90 Å². The van der Waals surface area contributed by atoms with E-state index in [9.17, 15) is 0 Å². The second kappa shape index (κ2) is 6.50. The van der Waals surface area contributed by atoms with Crippen LogP contribution >= 0.6 is 11.3 Å². The largest absolute Gasteiger partial charge is 0.309 e. The fourth-order valence-electron chi connectivity index (χ4n) is 1.96. The molecule has 0 radical (unpaired) electrons. The lowest BCUT2D eigenvalue weighted by atomic mass is 10.3. The molecule has 1 aliphatic carbocycles. The molecule has 3 heteroatoms. The Hall–Kier alpha value is -0.640. The number of nitrogens with zero attached hydrogens (tertiary/aromatic N) is 1. The average Bonchev–Trinajstić information content (AvgIpc) is 3.06. The Morgan fingerprint density at radius 1 is 1.44 bits per heavy atom. The quantitative estimate of drug-likeness (QED) is 0.724. The van der Waals surface area contributed by atoms with Gasteiger partial charge >= 0.3 is 0 Å². The molecule has 0 amide bonds. The molecule has 1 N–H and O–H groups in total. The van der Waals surface area contributed by atoms with Crippen molar-refractivity contribution in [3.63, 3.8) is 0 Å². The lowest BCUT2D eigenvalue weighted by molar-refractivity contribution is 0.239. The van der Waals surface area contributed by atoms with Crippen molar-refractivity contribution in [1.82, 2.24) is 10.2 Å². The smallest absolute Gasteiger partial charge is 0.0334 e. The number of thiophene rings is 1. The molecule has 0 spiro atoms. The lowest BCUT2D eigenvalue weighted by Crippen LogP contribution is -2.29. The first-order valence-corrected chi connectivity index (χ1v) is 7.66. The van der Waals surface area contributed by atoms with E-state index in [0.29, 0.717) is 6.04 Å². The summed E-state index contributed by atoms with van der Waals surface area (Å²) in [6.45, 7) is 11.4. The predicted molar refractivity (Wildman–Crippen MR) is 79.9 cm³/mol. The van der Waals surface area contributed by atoms with Crippen LogP contribution in [0.3, 0.4) is 0 Å². The second-order valence-corrected chi connectivity index (χ2v) is 6.59. The van der Waals surface area contributed by atoms with Gasteiger partial charge in [-0.05, 0) is 38.8 Å². The molecular formula is C15H24N2S. The Kier molecular flexibility index (Phi) is 4.98. The maximum absolute atomic E-state index is 3.84. The first-order valence-electron chi connectivity index (χ1n) is 6.85. The van der Waals surface area contributed by atoms with Gasteiger partial charge < -0.3 is 5.32 Å². The van der Waals surface area contributed by atoms with Gasteiger partial charge in [0.25, 0.3) is 0 Å². The number of hydrogen-bond acceptors (Lipinski definition) is 3. The fourth-order valence-corrected chi connectivity index (χ4v) is 2.95. The third-order valence-electron chi connectivity index (χ3n) is 3.31. The zero-order valence-corrected chi connectivity index (χ0v) is 12.3. The Balaban J connectivity index is 1.85. The zero-order chi connectivity index (χ0) is 13.0. The van der Waals surface area contributed by atoms with E-state index >= 15 is 0 Å². The number of rotatable bonds is 8. The van der Waals surface area contributed by atoms with Gasteiger partial charge in [-0.25, -0.2) is 0 Å². The van der Waals surface area contributed by atoms with Crippen molar-refractivity contribution in [3.05, 3.63) is 34.5 Å². The Labute approximate surface area is 115 Å². The van der Waals surface area contributed by atoms with Crippen molar-refractivity contribution in [2.45, 2.75) is 51.9 Å². The minimum atomic E-state index is 0.568. The summed E-state index contributed by atoms with van der Waals surface area (Å²) >= 11 is 1.94. The number of nitrogens with one attached hydrogen (secondary N) is 1. The van der Waals surface area contributed by atoms with Crippen LogP contribution < -0.4 is 5.32 Å². The molecule has 2 rings (SSSR count). The highest BCUT2D eigenvalue weighted by Gasteiger charge is 2.20. The maximum Gasteiger partial charge on any atom is 0.0334 e. The average molecular weight is 264 g/mol. The highest BCUT2D eigenvalue weighted by Crippen LogP contribution is 2.22. The SMILES string of the molecule is C=CCN(Cc1ccc(CNC2CC2)s1)C(C)C. The number of hydrogen-bond donors (Lipinski definition) is 1. The third-order valence-corrected chi connectivity index (χ3v) is 4.38. The minimum absolute atomic E-state index is 0.568. The topological polar surface area (TPSA) is 15.3 Å². The van der Waals surface area contributed by atoms with E-state index in [-0.39, 0.29) is 0 Å². The molecule has 0 bridgehead atoms. The zero-order valence-electron chi connectivity index (χ0n) is 11.5. The van der Waals surface area contributed by atoms with Crippen LogP contribution in [0.1, 0.15) is 36.4 Å². The normalized spacial score (nSPS) is 15.6. The standard InChI is InChI=1S/C15H24N2S/c1-4-9-17(12(2)3)11-15-8-7-14(18-15)10-16-13-5-6-13/h4,7-8,12-13,16H,1,5-6,9-11H2,2-3H3. The second-order valence-electron chi connectivity index (χ2n) is 5.34. The van der Waals surface area contributed by atoms with Gasteiger partial charge in [-0.2, -0.15) is 0 Å². The van der Waals surface area contributed by atoms with E-state index in [1.54, 1.807) is 0 Å². The summed E-state index contributed by atoms with van der Waals surface area (Å²) in [5, 5.41) is 3.57. The molecule has 1 heterocycles. The van der Waals surface area contributed by atoms with Crippen molar-refractivity contribution in [1.29, 1.82) is 0 Å². The fraction of sp³-hybridized carbons (Fsp3) is 0.600. The molecule has 1 aromatic heterocycles. The van der Waals surface area contributed by atoms with Gasteiger partial charge in [0, 0.05) is 41.5 Å². The van der Waals surface area contributed by atoms with Crippen LogP contribution in [-0.4, -0.2) is 23.5 Å². The molecule has 0 aromatic carbocycles. The van der Waals surface area contributed by atoms with E-state index in [4.69, 9.17) is 0 Å². The summed E-state index contributed by atoms with van der Waals surface area (Å²) in [5.41, 5.74) is 0. The van der Waals surface area contributed by atoms with E-state index in [1.165, 1.54) is 22.6 Å². The van der Waals surface area contributed by atoms with Crippen LogP contribution in [0.4, 0.5) is 0 Å². The lowest BCUT2D eigenvalue weighted by Gasteiger charge is -2.24. The van der Waals surface area contributed by atoms with Crippen molar-refractivity contribution in [2.24, 2.45) is 0 Å². The predicted octanol–water partition coefficient (Wildman–Crippen LogP) is 3.40. The summed E-state index contributed by atoms with van der Waals surface area (Å²) in [7, 11) is 0. The molecule has 1 saturated carbocycles. The molecule has 18 heavy (non-hydrogen) atoms. The van der Waals surface area contributed by atoms with Gasteiger partial charge in [-0.1, -0.05) is 6.08 Å². The van der Waals surface area contributed by atoms with Crippen LogP contribution in [0.25, 0.3) is 0 Å². The van der Waals surface area contributed by atoms with E-state index in [0.717, 1.165) is 25.7 Å². The van der Waals surface area contributed by atoms with Crippen molar-refractivity contribution in [3.8, 4) is 0 Å². The summed E-state index contributed by atoms with van der Waals surface area (Å²) < 4.78 is 0. The monoisotopic (exact) mass is 264 g/mol. The molecule has 100 valence electrons. The molecule has 0 atom stereocenters. The molecule has 1 aromatic rings. The van der Waals surface area contributed by atoms with Crippen LogP contribution in [0, 0.1) is 0 Å². The first kappa shape index (κ1) is 13.8. The molecule has 2 nitrogen and oxygen atoms in total. The maximum atomic E-state index is 3.84. The van der Waals surface area contributed by atoms with Crippen molar-refractivity contribution >= 4 is 11.3 Å². The van der Waals surface area contributed by atoms with Gasteiger partial charge in [0.05, 0.1) is 0 Å². The molecule has 1 fully saturated rings. The van der Waals surface area contributed by atoms with E-state index < -0.39 is 0 Å². The van der Waals surface area contributed by atoms with Crippen LogP contribution in [0.5, 0.6) is 0 Å². The van der Waals surface area contributed by atoms with Crippen molar-refractivity contribution in [2.75, 3.05) is 6.54 Å². The summed E-state index contributed by atoms with van der Waals surface area (Å²) in [6.07, 6.45) is 4.71. The van der Waals surface area contributed by atoms with Gasteiger partial charge in [0.15, 0.2) is 0 Å². The Morgan fingerprint density at radius 3 is 2.78 bits per heavy atom. The van der Waals surface area contributed by atoms with Gasteiger partial charge in [-0.15, -0.1) is 17.9 Å². The van der Waals surface area contributed by atoms with Gasteiger partial charge in [0.1, 0.15) is 0 Å². The first-order chi connectivity index (χ1) is 8.69. The van der Waals surface area contributed by atoms with Crippen LogP contribution in [-0.2, 0) is 13.1 Å². The molecule has 0 saturated heterocycles. The molecule has 1 aliphatic rings. The van der Waals surface area contributed by atoms with Crippen LogP contribution in [0.2, 0.25) is 0 Å². The summed E-state index contributed by atoms with van der Waals surface area (Å²) in [6, 6.07) is 5.90. The highest BCUT2D eigenvalue weighted by molar-refractivity contribution is 7.11. The summed E-state index contributed by atoms with van der Waals surface area (Å²) in [4.78, 5) is 5.36. The van der Waals surface area contributed by atoms with Gasteiger partial charge in [0.2, 0.25) is 0 Å². The Bertz CT molecular complexity index is 380. The Morgan fingerprint density at radius 2 is 2.17 bits per heavy atom. The van der Waals surface area contributed by atoms with Crippen LogP contribution in [0.15, 0.2) is 24.8 Å². The van der Waals surface area contributed by atoms with Crippen molar-refractivity contribution < 1.29 is 0 Å². The van der Waals surface area contributed by atoms with E-state index in [2.05, 4.69) is 42.8 Å². The minimum Gasteiger partial charge on any atom is -0.309 e. The summed E-state index contributed by atoms with van der Waals surface area (Å²) in [5.74, 6) is 0.